The zero-order valence-electron chi connectivity index (χ0n) is 17.3. The summed E-state index contributed by atoms with van der Waals surface area (Å²) in [4.78, 5) is 0. The van der Waals surface area contributed by atoms with Crippen molar-refractivity contribution >= 4 is 17.8 Å². The van der Waals surface area contributed by atoms with E-state index in [1.54, 1.807) is 0 Å². The maximum absolute atomic E-state index is 14.5. The molecule has 0 unspecified atom stereocenters. The zero-order chi connectivity index (χ0) is 20.2. The molecule has 0 aliphatic rings. The fourth-order valence-electron chi connectivity index (χ4n) is 3.79. The predicted octanol–water partition coefficient (Wildman–Crippen LogP) is 6.06. The van der Waals surface area contributed by atoms with Gasteiger partial charge in [0.15, 0.2) is 7.14 Å². The molecule has 0 saturated heterocycles. The molecule has 0 amide bonds. The molecule has 28 heavy (non-hydrogen) atoms. The summed E-state index contributed by atoms with van der Waals surface area (Å²) in [6.07, 6.45) is 11.0. The molecule has 2 atom stereocenters. The van der Waals surface area contributed by atoms with Gasteiger partial charge in [0, 0.05) is 10.6 Å². The molecule has 0 radical (unpaired) electrons. The average Bonchev–Trinajstić information content (AvgIpc) is 2.75. The molecule has 2 rings (SSSR count). The van der Waals surface area contributed by atoms with Crippen LogP contribution in [0, 0.1) is 0 Å². The predicted molar refractivity (Wildman–Crippen MR) is 122 cm³/mol. The van der Waals surface area contributed by atoms with Gasteiger partial charge in [0.05, 0.1) is 11.8 Å². The lowest BCUT2D eigenvalue weighted by Crippen LogP contribution is -2.33. The third-order valence-corrected chi connectivity index (χ3v) is 8.82. The summed E-state index contributed by atoms with van der Waals surface area (Å²) in [5, 5.41) is 12.7. The maximum atomic E-state index is 14.5. The zero-order valence-corrected chi connectivity index (χ0v) is 18.2. The number of rotatable bonds is 12. The number of aliphatic hydroxyl groups is 1. The van der Waals surface area contributed by atoms with E-state index in [1.165, 1.54) is 25.7 Å². The van der Waals surface area contributed by atoms with Gasteiger partial charge in [0.1, 0.15) is 0 Å². The summed E-state index contributed by atoms with van der Waals surface area (Å²) in [6, 6.07) is 19.3. The number of allylic oxidation sites excluding steroid dienone is 1. The normalized spacial score (nSPS) is 14.2. The van der Waals surface area contributed by atoms with E-state index >= 15 is 0 Å². The van der Waals surface area contributed by atoms with Crippen molar-refractivity contribution in [3.63, 3.8) is 0 Å². The Morgan fingerprint density at radius 3 is 1.86 bits per heavy atom. The Labute approximate surface area is 171 Å². The van der Waals surface area contributed by atoms with Crippen LogP contribution < -0.4 is 10.6 Å². The van der Waals surface area contributed by atoms with E-state index in [4.69, 9.17) is 0 Å². The Kier molecular flexibility index (Phi) is 9.75. The molecule has 0 heterocycles. The third kappa shape index (κ3) is 5.93. The van der Waals surface area contributed by atoms with Crippen LogP contribution >= 0.6 is 7.14 Å². The van der Waals surface area contributed by atoms with Crippen molar-refractivity contribution in [3.05, 3.63) is 72.8 Å². The lowest BCUT2D eigenvalue weighted by Gasteiger charge is -2.30. The van der Waals surface area contributed by atoms with Crippen molar-refractivity contribution in [2.45, 2.75) is 70.6 Å². The molecule has 2 aromatic carbocycles. The van der Waals surface area contributed by atoms with Gasteiger partial charge >= 0.3 is 0 Å². The topological polar surface area (TPSA) is 37.3 Å². The molecule has 0 bridgehead atoms. The van der Waals surface area contributed by atoms with Gasteiger partial charge in [0.25, 0.3) is 0 Å². The fraction of sp³-hybridized carbons (Fsp3) is 0.440. The third-order valence-electron chi connectivity index (χ3n) is 5.34. The molecular weight excluding hydrogens is 363 g/mol. The second-order valence-electron chi connectivity index (χ2n) is 7.47. The second kappa shape index (κ2) is 12.0. The number of benzene rings is 2. The van der Waals surface area contributed by atoms with Gasteiger partial charge in [-0.15, -0.1) is 0 Å². The quantitative estimate of drug-likeness (QED) is 0.268. The fourth-order valence-corrected chi connectivity index (χ4v) is 7.05. The first-order valence-corrected chi connectivity index (χ1v) is 12.4. The van der Waals surface area contributed by atoms with Crippen molar-refractivity contribution in [1.82, 2.24) is 0 Å². The molecule has 1 N–H and O–H groups in total. The Balaban J connectivity index is 2.26. The monoisotopic (exact) mass is 398 g/mol. The summed E-state index contributed by atoms with van der Waals surface area (Å²) in [5.41, 5.74) is -0.405. The van der Waals surface area contributed by atoms with E-state index < -0.39 is 18.9 Å². The molecule has 0 aliphatic heterocycles. The van der Waals surface area contributed by atoms with Gasteiger partial charge in [0.2, 0.25) is 0 Å². The average molecular weight is 399 g/mol. The highest BCUT2D eigenvalue weighted by Gasteiger charge is 2.38. The van der Waals surface area contributed by atoms with Gasteiger partial charge in [-0.05, 0) is 13.3 Å². The van der Waals surface area contributed by atoms with E-state index in [0.717, 1.165) is 23.5 Å². The first-order valence-electron chi connectivity index (χ1n) is 10.7. The van der Waals surface area contributed by atoms with E-state index in [2.05, 4.69) is 6.92 Å². The Morgan fingerprint density at radius 2 is 1.36 bits per heavy atom. The van der Waals surface area contributed by atoms with Crippen LogP contribution in [0.15, 0.2) is 72.8 Å². The molecule has 0 aromatic heterocycles. The van der Waals surface area contributed by atoms with Crippen LogP contribution in [0.5, 0.6) is 0 Å². The van der Waals surface area contributed by atoms with E-state index in [-0.39, 0.29) is 0 Å². The molecule has 0 saturated carbocycles. The highest BCUT2D eigenvalue weighted by molar-refractivity contribution is 7.79. The number of hydrogen-bond acceptors (Lipinski definition) is 2. The van der Waals surface area contributed by atoms with Crippen molar-refractivity contribution in [2.75, 3.05) is 0 Å². The standard InChI is InChI=1S/C25H35O2P/c1-3-5-6-7-8-15-21-24(26)25(16-4-2)28(27,22-17-11-9-12-18-22)23-19-13-10-14-20-23/h4,9-14,16-20,24-26H,3,5-8,15,21H2,1-2H3/b16-4+/t24-,25+/m0/s1. The SMILES string of the molecule is C/C=C/[C@H]([C@@H](O)CCCCCCCC)P(=O)(c1ccccc1)c1ccccc1. The minimum absolute atomic E-state index is 0.405. The molecule has 2 nitrogen and oxygen atoms in total. The van der Waals surface area contributed by atoms with Crippen LogP contribution in [0.4, 0.5) is 0 Å². The second-order valence-corrected chi connectivity index (χ2v) is 10.4. The van der Waals surface area contributed by atoms with E-state index in [1.807, 2.05) is 79.7 Å². The Hall–Kier alpha value is -1.63. The van der Waals surface area contributed by atoms with Crippen molar-refractivity contribution < 1.29 is 9.67 Å². The Bertz CT molecular complexity index is 696. The number of unbranched alkanes of at least 4 members (excludes halogenated alkanes) is 5. The summed E-state index contributed by atoms with van der Waals surface area (Å²) in [5.74, 6) is 0. The van der Waals surface area contributed by atoms with Crippen molar-refractivity contribution in [2.24, 2.45) is 0 Å². The Morgan fingerprint density at radius 1 is 0.857 bits per heavy atom. The lowest BCUT2D eigenvalue weighted by molar-refractivity contribution is 0.166. The summed E-state index contributed by atoms with van der Waals surface area (Å²) in [6.45, 7) is 4.15. The summed E-state index contributed by atoms with van der Waals surface area (Å²) >= 11 is 0. The molecule has 3 heteroatoms. The maximum Gasteiger partial charge on any atom is 0.152 e. The van der Waals surface area contributed by atoms with E-state index in [9.17, 15) is 9.67 Å². The van der Waals surface area contributed by atoms with Crippen LogP contribution in [0.25, 0.3) is 0 Å². The van der Waals surface area contributed by atoms with Crippen LogP contribution in [0.3, 0.4) is 0 Å². The highest BCUT2D eigenvalue weighted by Crippen LogP contribution is 2.51. The summed E-state index contributed by atoms with van der Waals surface area (Å²) in [7, 11) is -3.01. The summed E-state index contributed by atoms with van der Waals surface area (Å²) < 4.78 is 14.5. The van der Waals surface area contributed by atoms with Crippen LogP contribution in [0.2, 0.25) is 0 Å². The number of aliphatic hydroxyl groups excluding tert-OH is 1. The van der Waals surface area contributed by atoms with E-state index in [0.29, 0.717) is 6.42 Å². The molecule has 2 aromatic rings. The van der Waals surface area contributed by atoms with Crippen molar-refractivity contribution in [1.29, 1.82) is 0 Å². The van der Waals surface area contributed by atoms with Crippen LogP contribution in [0.1, 0.15) is 58.8 Å². The van der Waals surface area contributed by atoms with Crippen molar-refractivity contribution in [3.8, 4) is 0 Å². The lowest BCUT2D eigenvalue weighted by atomic mass is 10.1. The van der Waals surface area contributed by atoms with Crippen LogP contribution in [-0.2, 0) is 4.57 Å². The highest BCUT2D eigenvalue weighted by atomic mass is 31.2. The van der Waals surface area contributed by atoms with Crippen LogP contribution in [-0.4, -0.2) is 16.9 Å². The molecule has 0 fully saturated rings. The molecule has 0 spiro atoms. The minimum atomic E-state index is -3.01. The first kappa shape index (κ1) is 22.7. The molecule has 0 aliphatic carbocycles. The molecular formula is C25H35O2P. The van der Waals surface area contributed by atoms with Gasteiger partial charge in [-0.3, -0.25) is 0 Å². The smallest absolute Gasteiger partial charge is 0.152 e. The first-order chi connectivity index (χ1) is 13.6. The van der Waals surface area contributed by atoms with Gasteiger partial charge in [-0.1, -0.05) is 118 Å². The van der Waals surface area contributed by atoms with Gasteiger partial charge in [-0.25, -0.2) is 0 Å². The minimum Gasteiger partial charge on any atom is -0.392 e. The van der Waals surface area contributed by atoms with Gasteiger partial charge < -0.3 is 9.67 Å². The molecule has 152 valence electrons. The van der Waals surface area contributed by atoms with Gasteiger partial charge in [-0.2, -0.15) is 0 Å². The number of hydrogen-bond donors (Lipinski definition) is 1. The largest absolute Gasteiger partial charge is 0.392 e.